The number of nitrogens with one attached hydrogen (secondary N) is 1. The molecule has 0 unspecified atom stereocenters. The lowest BCUT2D eigenvalue weighted by molar-refractivity contribution is -0.0367. The van der Waals surface area contributed by atoms with Gasteiger partial charge in [-0.25, -0.2) is 9.97 Å². The van der Waals surface area contributed by atoms with Crippen LogP contribution in [0.2, 0.25) is 0 Å². The van der Waals surface area contributed by atoms with Crippen molar-refractivity contribution in [3.63, 3.8) is 0 Å². The first-order chi connectivity index (χ1) is 14.1. The number of nitrogens with two attached hydrogens (primary N) is 1. The Balaban J connectivity index is 1.30. The van der Waals surface area contributed by atoms with Gasteiger partial charge in [0.1, 0.15) is 30.0 Å². The first-order valence-corrected chi connectivity index (χ1v) is 10.6. The van der Waals surface area contributed by atoms with Crippen LogP contribution in [-0.4, -0.2) is 56.1 Å². The molecule has 156 valence electrons. The van der Waals surface area contributed by atoms with Gasteiger partial charge >= 0.3 is 0 Å². The Morgan fingerprint density at radius 1 is 1.21 bits per heavy atom. The molecule has 2 aromatic heterocycles. The summed E-state index contributed by atoms with van der Waals surface area (Å²) in [4.78, 5) is 8.28. The van der Waals surface area contributed by atoms with Gasteiger partial charge in [-0.3, -0.25) is 0 Å². The smallest absolute Gasteiger partial charge is 0.164 e. The highest BCUT2D eigenvalue weighted by Crippen LogP contribution is 2.48. The molecule has 3 aliphatic rings. The third-order valence-corrected chi connectivity index (χ3v) is 7.11. The van der Waals surface area contributed by atoms with E-state index in [0.29, 0.717) is 28.7 Å². The lowest BCUT2D eigenvalue weighted by Gasteiger charge is -2.37. The molecule has 2 aliphatic heterocycles. The summed E-state index contributed by atoms with van der Waals surface area (Å²) < 4.78 is 7.88. The van der Waals surface area contributed by atoms with E-state index in [9.17, 15) is 10.2 Å². The summed E-state index contributed by atoms with van der Waals surface area (Å²) in [6.45, 7) is 2.15. The summed E-state index contributed by atoms with van der Waals surface area (Å²) in [6, 6.07) is 1.81. The van der Waals surface area contributed by atoms with Crippen LogP contribution in [0.5, 0.6) is 0 Å². The molecule has 8 heteroatoms. The number of aliphatic hydroxyl groups is 2. The number of hydrogen-bond donors (Lipinski definition) is 4. The maximum Gasteiger partial charge on any atom is 0.164 e. The Hall–Kier alpha value is -2.00. The van der Waals surface area contributed by atoms with Gasteiger partial charge in [-0.05, 0) is 63.1 Å². The molecule has 5 N–H and O–H groups in total. The molecule has 5 rings (SSSR count). The molecule has 4 heterocycles. The molecule has 0 bridgehead atoms. The van der Waals surface area contributed by atoms with Crippen LogP contribution in [0, 0.1) is 5.41 Å². The van der Waals surface area contributed by atoms with E-state index in [2.05, 4.69) is 21.4 Å². The number of aromatic nitrogens is 3. The van der Waals surface area contributed by atoms with Crippen molar-refractivity contribution >= 4 is 16.9 Å². The lowest BCUT2D eigenvalue weighted by Crippen LogP contribution is -2.37. The predicted molar refractivity (Wildman–Crippen MR) is 109 cm³/mol. The third-order valence-electron chi connectivity index (χ3n) is 7.11. The predicted octanol–water partition coefficient (Wildman–Crippen LogP) is 1.50. The first-order valence-electron chi connectivity index (χ1n) is 10.6. The molecule has 2 aromatic rings. The van der Waals surface area contributed by atoms with Crippen LogP contribution in [-0.2, 0) is 4.74 Å². The number of hydrogen-bond acceptors (Lipinski definition) is 7. The highest BCUT2D eigenvalue weighted by Gasteiger charge is 2.45. The van der Waals surface area contributed by atoms with Gasteiger partial charge in [0, 0.05) is 6.20 Å². The number of aliphatic hydroxyl groups excluding tert-OH is 2. The number of rotatable bonds is 4. The fourth-order valence-corrected chi connectivity index (χ4v) is 5.43. The second-order valence-electron chi connectivity index (χ2n) is 8.60. The summed E-state index contributed by atoms with van der Waals surface area (Å²) in [6.07, 6.45) is 8.89. The van der Waals surface area contributed by atoms with Gasteiger partial charge < -0.3 is 30.6 Å². The van der Waals surface area contributed by atoms with Crippen LogP contribution in [0.4, 0.5) is 5.82 Å². The van der Waals surface area contributed by atoms with Gasteiger partial charge in [0.25, 0.3) is 0 Å². The zero-order valence-corrected chi connectivity index (χ0v) is 16.5. The van der Waals surface area contributed by atoms with Crippen LogP contribution >= 0.6 is 0 Å². The molecule has 0 radical (unpaired) electrons. The van der Waals surface area contributed by atoms with E-state index < -0.39 is 24.5 Å². The average Bonchev–Trinajstić information content (AvgIpc) is 3.40. The molecule has 1 aliphatic carbocycles. The Kier molecular flexibility index (Phi) is 4.82. The Morgan fingerprint density at radius 3 is 2.86 bits per heavy atom. The normalized spacial score (nSPS) is 31.6. The minimum absolute atomic E-state index is 0.331. The van der Waals surface area contributed by atoms with Crippen LogP contribution < -0.4 is 11.1 Å². The number of piperidine rings is 1. The van der Waals surface area contributed by atoms with Gasteiger partial charge in [0.15, 0.2) is 6.23 Å². The number of ether oxygens (including phenoxy) is 1. The molecule has 2 saturated heterocycles. The van der Waals surface area contributed by atoms with Gasteiger partial charge in [0.2, 0.25) is 0 Å². The van der Waals surface area contributed by atoms with E-state index >= 15 is 0 Å². The minimum atomic E-state index is -1.02. The molecule has 4 atom stereocenters. The second-order valence-corrected chi connectivity index (χ2v) is 8.60. The van der Waals surface area contributed by atoms with Gasteiger partial charge in [-0.15, -0.1) is 0 Å². The van der Waals surface area contributed by atoms with E-state index in [-0.39, 0.29) is 0 Å². The van der Waals surface area contributed by atoms with E-state index in [1.165, 1.54) is 31.2 Å². The van der Waals surface area contributed by atoms with Gasteiger partial charge in [0.05, 0.1) is 11.5 Å². The van der Waals surface area contributed by atoms with E-state index in [1.54, 1.807) is 10.8 Å². The Morgan fingerprint density at radius 2 is 2.03 bits per heavy atom. The van der Waals surface area contributed by atoms with Crippen molar-refractivity contribution in [1.82, 2.24) is 19.9 Å². The summed E-state index contributed by atoms with van der Waals surface area (Å²) >= 11 is 0. The largest absolute Gasteiger partial charge is 0.388 e. The summed E-state index contributed by atoms with van der Waals surface area (Å²) in [5.74, 6) is 0.388. The van der Waals surface area contributed by atoms with Crippen LogP contribution in [0.3, 0.4) is 0 Å². The molecule has 0 saturated carbocycles. The average molecular weight is 399 g/mol. The Bertz CT molecular complexity index is 920. The summed E-state index contributed by atoms with van der Waals surface area (Å²) in [7, 11) is 0. The van der Waals surface area contributed by atoms with Gasteiger partial charge in [-0.1, -0.05) is 11.6 Å². The lowest BCUT2D eigenvalue weighted by atomic mass is 9.72. The quantitative estimate of drug-likeness (QED) is 0.575. The van der Waals surface area contributed by atoms with E-state index in [0.717, 1.165) is 25.9 Å². The van der Waals surface area contributed by atoms with Gasteiger partial charge in [-0.2, -0.15) is 0 Å². The zero-order chi connectivity index (χ0) is 20.0. The number of nitrogens with zero attached hydrogens (tertiary/aromatic N) is 3. The van der Waals surface area contributed by atoms with Crippen molar-refractivity contribution in [3.8, 4) is 0 Å². The highest BCUT2D eigenvalue weighted by atomic mass is 16.6. The Labute approximate surface area is 169 Å². The van der Waals surface area contributed by atoms with Crippen molar-refractivity contribution in [1.29, 1.82) is 0 Å². The van der Waals surface area contributed by atoms with Crippen molar-refractivity contribution in [2.45, 2.75) is 63.1 Å². The third kappa shape index (κ3) is 3.15. The first kappa shape index (κ1) is 19.0. The molecular formula is C21H29N5O3. The summed E-state index contributed by atoms with van der Waals surface area (Å²) in [5.41, 5.74) is 8.36. The molecule has 8 nitrogen and oxygen atoms in total. The SMILES string of the molecule is Nc1ncnc2c1ccn2[C@@H]1O[C@H](CCC2=CCCC23CCNCC3)[C@@H](O)[C@H]1O. The number of nitrogen functional groups attached to an aromatic ring is 1. The maximum atomic E-state index is 10.7. The van der Waals surface area contributed by atoms with Crippen molar-refractivity contribution in [2.24, 2.45) is 5.41 Å². The van der Waals surface area contributed by atoms with Crippen molar-refractivity contribution in [3.05, 3.63) is 30.2 Å². The molecule has 0 aromatic carbocycles. The van der Waals surface area contributed by atoms with Crippen molar-refractivity contribution in [2.75, 3.05) is 18.8 Å². The fraction of sp³-hybridized carbons (Fsp3) is 0.619. The molecular weight excluding hydrogens is 370 g/mol. The standard InChI is InChI=1S/C21H29N5O3/c22-18-14-5-11-26(19(14)25-12-24-18)20-17(28)16(27)15(29-20)4-3-13-2-1-6-21(13)7-9-23-10-8-21/h2,5,11-12,15-17,20,23,27-28H,1,3-4,6-10H2,(H2,22,24,25)/t15-,16-,17-,20-/m1/s1. The van der Waals surface area contributed by atoms with Crippen LogP contribution in [0.15, 0.2) is 30.2 Å². The monoisotopic (exact) mass is 399 g/mol. The second kappa shape index (κ2) is 7.36. The fourth-order valence-electron chi connectivity index (χ4n) is 5.43. The highest BCUT2D eigenvalue weighted by molar-refractivity contribution is 5.86. The van der Waals surface area contributed by atoms with Crippen LogP contribution in [0.25, 0.3) is 11.0 Å². The molecule has 2 fully saturated rings. The maximum absolute atomic E-state index is 10.7. The number of allylic oxidation sites excluding steroid dienone is 2. The van der Waals surface area contributed by atoms with E-state index in [1.807, 2.05) is 6.07 Å². The van der Waals surface area contributed by atoms with Crippen LogP contribution in [0.1, 0.15) is 44.8 Å². The molecule has 1 spiro atoms. The summed E-state index contributed by atoms with van der Waals surface area (Å²) in [5, 5.41) is 25.5. The van der Waals surface area contributed by atoms with E-state index in [4.69, 9.17) is 10.5 Å². The topological polar surface area (TPSA) is 118 Å². The number of anilines is 1. The zero-order valence-electron chi connectivity index (χ0n) is 16.5. The minimum Gasteiger partial charge on any atom is -0.388 e. The molecule has 29 heavy (non-hydrogen) atoms. The van der Waals surface area contributed by atoms with Crippen molar-refractivity contribution < 1.29 is 14.9 Å². The number of fused-ring (bicyclic) bond motifs is 1. The molecule has 0 amide bonds.